The second kappa shape index (κ2) is 6.15. The lowest BCUT2D eigenvalue weighted by Gasteiger charge is -2.01. The van der Waals surface area contributed by atoms with Crippen molar-refractivity contribution in [3.05, 3.63) is 65.2 Å². The molecule has 5 heteroatoms. The van der Waals surface area contributed by atoms with Gasteiger partial charge in [-0.05, 0) is 30.3 Å². The zero-order valence-electron chi connectivity index (χ0n) is 11.7. The lowest BCUT2D eigenvalue weighted by Crippen LogP contribution is -2.04. The monoisotopic (exact) mass is 356 g/mol. The van der Waals surface area contributed by atoms with E-state index in [2.05, 4.69) is 32.5 Å². The SMILES string of the molecule is C=CCOC(=O)c1ccc2nc(-c3ccc(Br)cc3)[nH]c2c1. The third-order valence-corrected chi connectivity index (χ3v) is 3.70. The van der Waals surface area contributed by atoms with E-state index in [1.807, 2.05) is 24.3 Å². The molecule has 0 amide bonds. The fourth-order valence-corrected chi connectivity index (χ4v) is 2.36. The minimum Gasteiger partial charge on any atom is -0.458 e. The number of imidazole rings is 1. The Balaban J connectivity index is 1.94. The summed E-state index contributed by atoms with van der Waals surface area (Å²) < 4.78 is 6.05. The first-order valence-electron chi connectivity index (χ1n) is 6.71. The summed E-state index contributed by atoms with van der Waals surface area (Å²) in [5.41, 5.74) is 3.07. The van der Waals surface area contributed by atoms with E-state index in [-0.39, 0.29) is 12.6 Å². The number of aromatic nitrogens is 2. The number of nitrogens with one attached hydrogen (secondary N) is 1. The Morgan fingerprint density at radius 3 is 2.77 bits per heavy atom. The van der Waals surface area contributed by atoms with E-state index >= 15 is 0 Å². The maximum Gasteiger partial charge on any atom is 0.338 e. The first-order chi connectivity index (χ1) is 10.7. The zero-order chi connectivity index (χ0) is 15.5. The molecule has 1 heterocycles. The van der Waals surface area contributed by atoms with Crippen LogP contribution in [0.1, 0.15) is 10.4 Å². The molecule has 0 saturated heterocycles. The number of nitrogens with zero attached hydrogens (tertiary/aromatic N) is 1. The van der Waals surface area contributed by atoms with Crippen molar-refractivity contribution in [3.63, 3.8) is 0 Å². The van der Waals surface area contributed by atoms with Gasteiger partial charge in [0.15, 0.2) is 0 Å². The lowest BCUT2D eigenvalue weighted by molar-refractivity contribution is 0.0550. The number of aromatic amines is 1. The fourth-order valence-electron chi connectivity index (χ4n) is 2.10. The molecule has 0 aliphatic rings. The van der Waals surface area contributed by atoms with E-state index in [1.165, 1.54) is 6.08 Å². The van der Waals surface area contributed by atoms with Gasteiger partial charge in [0.25, 0.3) is 0 Å². The molecular formula is C17H13BrN2O2. The summed E-state index contributed by atoms with van der Waals surface area (Å²) in [6, 6.07) is 13.1. The van der Waals surface area contributed by atoms with Crippen molar-refractivity contribution in [3.8, 4) is 11.4 Å². The van der Waals surface area contributed by atoms with Crippen LogP contribution in [0, 0.1) is 0 Å². The van der Waals surface area contributed by atoms with Crippen LogP contribution in [0.2, 0.25) is 0 Å². The summed E-state index contributed by atoms with van der Waals surface area (Å²) >= 11 is 3.41. The number of esters is 1. The van der Waals surface area contributed by atoms with Gasteiger partial charge >= 0.3 is 5.97 Å². The van der Waals surface area contributed by atoms with E-state index in [1.54, 1.807) is 18.2 Å². The summed E-state index contributed by atoms with van der Waals surface area (Å²) in [5, 5.41) is 0. The molecule has 1 N–H and O–H groups in total. The molecule has 0 radical (unpaired) electrons. The van der Waals surface area contributed by atoms with Crippen molar-refractivity contribution in [2.45, 2.75) is 0 Å². The first-order valence-corrected chi connectivity index (χ1v) is 7.50. The summed E-state index contributed by atoms with van der Waals surface area (Å²) in [7, 11) is 0. The van der Waals surface area contributed by atoms with Crippen LogP contribution in [0.15, 0.2) is 59.6 Å². The van der Waals surface area contributed by atoms with Crippen LogP contribution >= 0.6 is 15.9 Å². The van der Waals surface area contributed by atoms with Gasteiger partial charge in [-0.3, -0.25) is 0 Å². The molecule has 2 aromatic carbocycles. The second-order valence-electron chi connectivity index (χ2n) is 4.71. The number of carbonyl (C=O) groups is 1. The largest absolute Gasteiger partial charge is 0.458 e. The van der Waals surface area contributed by atoms with Crippen molar-refractivity contribution in [2.24, 2.45) is 0 Å². The van der Waals surface area contributed by atoms with Gasteiger partial charge in [0.1, 0.15) is 12.4 Å². The molecular weight excluding hydrogens is 344 g/mol. The Kier molecular flexibility index (Phi) is 4.06. The van der Waals surface area contributed by atoms with Crippen LogP contribution in [0.25, 0.3) is 22.4 Å². The van der Waals surface area contributed by atoms with E-state index in [9.17, 15) is 4.79 Å². The third kappa shape index (κ3) is 2.94. The number of rotatable bonds is 4. The fraction of sp³-hybridized carbons (Fsp3) is 0.0588. The molecule has 0 spiro atoms. The maximum absolute atomic E-state index is 11.9. The van der Waals surface area contributed by atoms with Crippen molar-refractivity contribution in [1.29, 1.82) is 0 Å². The number of hydrogen-bond donors (Lipinski definition) is 1. The van der Waals surface area contributed by atoms with Gasteiger partial charge in [0.05, 0.1) is 16.6 Å². The molecule has 0 atom stereocenters. The minimum absolute atomic E-state index is 0.198. The first kappa shape index (κ1) is 14.5. The van der Waals surface area contributed by atoms with Gasteiger partial charge in [0.2, 0.25) is 0 Å². The number of carbonyl (C=O) groups excluding carboxylic acids is 1. The van der Waals surface area contributed by atoms with Gasteiger partial charge in [-0.1, -0.05) is 40.7 Å². The highest BCUT2D eigenvalue weighted by Crippen LogP contribution is 2.23. The topological polar surface area (TPSA) is 55.0 Å². The Bertz CT molecular complexity index is 837. The summed E-state index contributed by atoms with van der Waals surface area (Å²) in [6.07, 6.45) is 1.54. The van der Waals surface area contributed by atoms with E-state index in [0.717, 1.165) is 26.9 Å². The number of ether oxygens (including phenoxy) is 1. The number of benzene rings is 2. The molecule has 1 aromatic heterocycles. The Morgan fingerprint density at radius 2 is 2.05 bits per heavy atom. The van der Waals surface area contributed by atoms with Crippen molar-refractivity contribution in [1.82, 2.24) is 9.97 Å². The van der Waals surface area contributed by atoms with Crippen LogP contribution < -0.4 is 0 Å². The number of halogens is 1. The smallest absolute Gasteiger partial charge is 0.338 e. The van der Waals surface area contributed by atoms with E-state index < -0.39 is 0 Å². The predicted molar refractivity (Wildman–Crippen MR) is 89.7 cm³/mol. The van der Waals surface area contributed by atoms with E-state index in [0.29, 0.717) is 5.56 Å². The normalized spacial score (nSPS) is 10.6. The molecule has 4 nitrogen and oxygen atoms in total. The van der Waals surface area contributed by atoms with Gasteiger partial charge in [-0.2, -0.15) is 0 Å². The van der Waals surface area contributed by atoms with Crippen LogP contribution in [-0.2, 0) is 4.74 Å². The van der Waals surface area contributed by atoms with Crippen LogP contribution in [-0.4, -0.2) is 22.5 Å². The van der Waals surface area contributed by atoms with Crippen molar-refractivity contribution in [2.75, 3.05) is 6.61 Å². The van der Waals surface area contributed by atoms with Crippen molar-refractivity contribution >= 4 is 32.9 Å². The van der Waals surface area contributed by atoms with Crippen LogP contribution in [0.4, 0.5) is 0 Å². The molecule has 3 rings (SSSR count). The molecule has 0 bridgehead atoms. The average Bonchev–Trinajstić information content (AvgIpc) is 2.96. The number of hydrogen-bond acceptors (Lipinski definition) is 3. The van der Waals surface area contributed by atoms with Gasteiger partial charge < -0.3 is 9.72 Å². The third-order valence-electron chi connectivity index (χ3n) is 3.17. The summed E-state index contributed by atoms with van der Waals surface area (Å²) in [5.74, 6) is 0.390. The van der Waals surface area contributed by atoms with Gasteiger partial charge in [-0.15, -0.1) is 0 Å². The number of fused-ring (bicyclic) bond motifs is 1. The average molecular weight is 357 g/mol. The highest BCUT2D eigenvalue weighted by molar-refractivity contribution is 9.10. The molecule has 110 valence electrons. The molecule has 0 aliphatic carbocycles. The summed E-state index contributed by atoms with van der Waals surface area (Å²) in [4.78, 5) is 19.6. The minimum atomic E-state index is -0.374. The van der Waals surface area contributed by atoms with E-state index in [4.69, 9.17) is 4.74 Å². The standard InChI is InChI=1S/C17H13BrN2O2/c1-2-9-22-17(21)12-5-8-14-15(10-12)20-16(19-14)11-3-6-13(18)7-4-11/h2-8,10H,1,9H2,(H,19,20). The van der Waals surface area contributed by atoms with Crippen LogP contribution in [0.3, 0.4) is 0 Å². The second-order valence-corrected chi connectivity index (χ2v) is 5.63. The summed E-state index contributed by atoms with van der Waals surface area (Å²) in [6.45, 7) is 3.72. The Morgan fingerprint density at radius 1 is 1.27 bits per heavy atom. The molecule has 22 heavy (non-hydrogen) atoms. The van der Waals surface area contributed by atoms with Crippen LogP contribution in [0.5, 0.6) is 0 Å². The molecule has 3 aromatic rings. The van der Waals surface area contributed by atoms with Gasteiger partial charge in [-0.25, -0.2) is 9.78 Å². The molecule has 0 unspecified atom stereocenters. The molecule has 0 saturated carbocycles. The van der Waals surface area contributed by atoms with Crippen molar-refractivity contribution < 1.29 is 9.53 Å². The Labute approximate surface area is 136 Å². The lowest BCUT2D eigenvalue weighted by atomic mass is 10.2. The highest BCUT2D eigenvalue weighted by atomic mass is 79.9. The van der Waals surface area contributed by atoms with Gasteiger partial charge in [0, 0.05) is 10.0 Å². The Hall–Kier alpha value is -2.40. The molecule has 0 aliphatic heterocycles. The quantitative estimate of drug-likeness (QED) is 0.558. The maximum atomic E-state index is 11.9. The predicted octanol–water partition coefficient (Wildman–Crippen LogP) is 4.34. The molecule has 0 fully saturated rings. The highest BCUT2D eigenvalue weighted by Gasteiger charge is 2.10. The number of H-pyrrole nitrogens is 1. The zero-order valence-corrected chi connectivity index (χ0v) is 13.3.